The SMILES string of the molecule is CC1CCCC(CN2CCNCC2c2ccncc2)C1.Cl. The summed E-state index contributed by atoms with van der Waals surface area (Å²) in [6.45, 7) is 7.08. The van der Waals surface area contributed by atoms with Gasteiger partial charge in [-0.15, -0.1) is 12.4 Å². The van der Waals surface area contributed by atoms with Crippen molar-refractivity contribution in [3.63, 3.8) is 0 Å². The molecule has 118 valence electrons. The van der Waals surface area contributed by atoms with Gasteiger partial charge in [0, 0.05) is 44.6 Å². The third-order valence-electron chi connectivity index (χ3n) is 4.98. The number of hydrogen-bond donors (Lipinski definition) is 1. The van der Waals surface area contributed by atoms with E-state index in [2.05, 4.69) is 34.3 Å². The first-order valence-electron chi connectivity index (χ1n) is 8.17. The van der Waals surface area contributed by atoms with Crippen LogP contribution in [-0.2, 0) is 0 Å². The van der Waals surface area contributed by atoms with Gasteiger partial charge in [0.1, 0.15) is 0 Å². The van der Waals surface area contributed by atoms with Crippen LogP contribution in [0.1, 0.15) is 44.2 Å². The lowest BCUT2D eigenvalue weighted by Gasteiger charge is -2.40. The van der Waals surface area contributed by atoms with Gasteiger partial charge < -0.3 is 5.32 Å². The number of hydrogen-bond acceptors (Lipinski definition) is 3. The molecule has 1 aromatic heterocycles. The highest BCUT2D eigenvalue weighted by molar-refractivity contribution is 5.85. The molecule has 0 aromatic carbocycles. The molecule has 0 amide bonds. The Labute approximate surface area is 134 Å². The molecule has 2 fully saturated rings. The van der Waals surface area contributed by atoms with Crippen molar-refractivity contribution in [1.29, 1.82) is 0 Å². The third kappa shape index (κ3) is 4.41. The minimum atomic E-state index is 0. The molecule has 2 aliphatic rings. The van der Waals surface area contributed by atoms with Crippen molar-refractivity contribution in [2.75, 3.05) is 26.2 Å². The Bertz CT molecular complexity index is 412. The first-order valence-corrected chi connectivity index (χ1v) is 8.17. The van der Waals surface area contributed by atoms with Crippen LogP contribution in [0.5, 0.6) is 0 Å². The van der Waals surface area contributed by atoms with Gasteiger partial charge in [-0.25, -0.2) is 0 Å². The molecule has 21 heavy (non-hydrogen) atoms. The van der Waals surface area contributed by atoms with Crippen molar-refractivity contribution in [1.82, 2.24) is 15.2 Å². The van der Waals surface area contributed by atoms with Crippen LogP contribution in [0.15, 0.2) is 24.5 Å². The van der Waals surface area contributed by atoms with Gasteiger partial charge in [-0.2, -0.15) is 0 Å². The first kappa shape index (κ1) is 16.7. The zero-order chi connectivity index (χ0) is 13.8. The van der Waals surface area contributed by atoms with E-state index in [1.54, 1.807) is 0 Å². The first-order chi connectivity index (χ1) is 9.83. The van der Waals surface area contributed by atoms with E-state index < -0.39 is 0 Å². The molecule has 1 N–H and O–H groups in total. The van der Waals surface area contributed by atoms with E-state index in [0.717, 1.165) is 24.9 Å². The van der Waals surface area contributed by atoms with Crippen molar-refractivity contribution >= 4 is 12.4 Å². The zero-order valence-electron chi connectivity index (χ0n) is 13.0. The second-order valence-electron chi connectivity index (χ2n) is 6.63. The molecular weight excluding hydrogens is 282 g/mol. The fourth-order valence-corrected chi connectivity index (χ4v) is 3.94. The van der Waals surface area contributed by atoms with Crippen LogP contribution in [0.3, 0.4) is 0 Å². The average molecular weight is 310 g/mol. The smallest absolute Gasteiger partial charge is 0.0474 e. The maximum Gasteiger partial charge on any atom is 0.0474 e. The summed E-state index contributed by atoms with van der Waals surface area (Å²) in [6.07, 6.45) is 9.56. The standard InChI is InChI=1S/C17H27N3.ClH/c1-14-3-2-4-15(11-14)13-20-10-9-19-12-17(20)16-5-7-18-8-6-16;/h5-8,14-15,17,19H,2-4,9-13H2,1H3;1H. The van der Waals surface area contributed by atoms with E-state index >= 15 is 0 Å². The number of nitrogens with one attached hydrogen (secondary N) is 1. The van der Waals surface area contributed by atoms with Crippen LogP contribution in [0, 0.1) is 11.8 Å². The molecule has 0 radical (unpaired) electrons. The highest BCUT2D eigenvalue weighted by Gasteiger charge is 2.27. The lowest BCUT2D eigenvalue weighted by molar-refractivity contribution is 0.114. The summed E-state index contributed by atoms with van der Waals surface area (Å²) in [5, 5.41) is 3.55. The lowest BCUT2D eigenvalue weighted by atomic mass is 9.82. The number of halogens is 1. The maximum atomic E-state index is 4.15. The predicted octanol–water partition coefficient (Wildman–Crippen LogP) is 3.28. The number of pyridine rings is 1. The molecule has 1 aliphatic heterocycles. The Balaban J connectivity index is 0.00000161. The summed E-state index contributed by atoms with van der Waals surface area (Å²) in [4.78, 5) is 6.85. The molecule has 3 nitrogen and oxygen atoms in total. The molecule has 1 saturated carbocycles. The van der Waals surface area contributed by atoms with Gasteiger partial charge >= 0.3 is 0 Å². The van der Waals surface area contributed by atoms with Crippen molar-refractivity contribution < 1.29 is 0 Å². The summed E-state index contributed by atoms with van der Waals surface area (Å²) >= 11 is 0. The van der Waals surface area contributed by atoms with Crippen molar-refractivity contribution in [3.05, 3.63) is 30.1 Å². The highest BCUT2D eigenvalue weighted by atomic mass is 35.5. The Morgan fingerprint density at radius 2 is 2.10 bits per heavy atom. The largest absolute Gasteiger partial charge is 0.314 e. The Kier molecular flexibility index (Phi) is 6.46. The highest BCUT2D eigenvalue weighted by Crippen LogP contribution is 2.31. The quantitative estimate of drug-likeness (QED) is 0.929. The second kappa shape index (κ2) is 8.11. The van der Waals surface area contributed by atoms with Crippen LogP contribution in [0.25, 0.3) is 0 Å². The molecule has 2 heterocycles. The maximum absolute atomic E-state index is 4.15. The van der Waals surface area contributed by atoms with Crippen molar-refractivity contribution in [3.8, 4) is 0 Å². The fraction of sp³-hybridized carbons (Fsp3) is 0.706. The normalized spacial score (nSPS) is 30.6. The van der Waals surface area contributed by atoms with Crippen molar-refractivity contribution in [2.24, 2.45) is 11.8 Å². The fourth-order valence-electron chi connectivity index (χ4n) is 3.94. The third-order valence-corrected chi connectivity index (χ3v) is 4.98. The summed E-state index contributed by atoms with van der Waals surface area (Å²) in [7, 11) is 0. The van der Waals surface area contributed by atoms with Crippen LogP contribution < -0.4 is 5.32 Å². The molecule has 4 heteroatoms. The lowest BCUT2D eigenvalue weighted by Crippen LogP contribution is -2.48. The van der Waals surface area contributed by atoms with Gasteiger partial charge in [-0.05, 0) is 42.4 Å². The molecule has 3 atom stereocenters. The summed E-state index contributed by atoms with van der Waals surface area (Å²) < 4.78 is 0. The minimum Gasteiger partial charge on any atom is -0.314 e. The number of nitrogens with zero attached hydrogens (tertiary/aromatic N) is 2. The van der Waals surface area contributed by atoms with Crippen LogP contribution in [0.2, 0.25) is 0 Å². The van der Waals surface area contributed by atoms with E-state index in [-0.39, 0.29) is 12.4 Å². The monoisotopic (exact) mass is 309 g/mol. The van der Waals surface area contributed by atoms with Gasteiger partial charge in [0.15, 0.2) is 0 Å². The topological polar surface area (TPSA) is 28.2 Å². The second-order valence-corrected chi connectivity index (χ2v) is 6.63. The molecule has 0 spiro atoms. The summed E-state index contributed by atoms with van der Waals surface area (Å²) in [5.41, 5.74) is 1.41. The molecule has 1 saturated heterocycles. The molecule has 0 bridgehead atoms. The number of aromatic nitrogens is 1. The van der Waals surface area contributed by atoms with E-state index in [9.17, 15) is 0 Å². The molecule has 3 unspecified atom stereocenters. The zero-order valence-corrected chi connectivity index (χ0v) is 13.8. The van der Waals surface area contributed by atoms with E-state index in [4.69, 9.17) is 0 Å². The van der Waals surface area contributed by atoms with Gasteiger partial charge in [-0.1, -0.05) is 19.8 Å². The Morgan fingerprint density at radius 3 is 2.86 bits per heavy atom. The van der Waals surface area contributed by atoms with E-state index in [1.807, 2.05) is 12.4 Å². The van der Waals surface area contributed by atoms with Gasteiger partial charge in [-0.3, -0.25) is 9.88 Å². The number of rotatable bonds is 3. The molecule has 1 aliphatic carbocycles. The number of piperazine rings is 1. The van der Waals surface area contributed by atoms with Crippen molar-refractivity contribution in [2.45, 2.75) is 38.6 Å². The van der Waals surface area contributed by atoms with E-state index in [0.29, 0.717) is 6.04 Å². The van der Waals surface area contributed by atoms with Gasteiger partial charge in [0.25, 0.3) is 0 Å². The summed E-state index contributed by atoms with van der Waals surface area (Å²) in [5.74, 6) is 1.83. The summed E-state index contributed by atoms with van der Waals surface area (Å²) in [6, 6.07) is 4.88. The van der Waals surface area contributed by atoms with Crippen LogP contribution >= 0.6 is 12.4 Å². The Hall–Kier alpha value is -0.640. The molecular formula is C17H28ClN3. The van der Waals surface area contributed by atoms with E-state index in [1.165, 1.54) is 44.3 Å². The molecule has 3 rings (SSSR count). The predicted molar refractivity (Wildman–Crippen MR) is 89.8 cm³/mol. The van der Waals surface area contributed by atoms with Crippen LogP contribution in [-0.4, -0.2) is 36.1 Å². The van der Waals surface area contributed by atoms with Gasteiger partial charge in [0.05, 0.1) is 0 Å². The average Bonchev–Trinajstić information content (AvgIpc) is 2.49. The Morgan fingerprint density at radius 1 is 1.29 bits per heavy atom. The molecule has 1 aromatic rings. The van der Waals surface area contributed by atoms with Gasteiger partial charge in [0.2, 0.25) is 0 Å². The van der Waals surface area contributed by atoms with Crippen LogP contribution in [0.4, 0.5) is 0 Å². The minimum absolute atomic E-state index is 0.